The molecule has 1 aromatic rings. The van der Waals surface area contributed by atoms with Crippen molar-refractivity contribution < 1.29 is 4.74 Å². The average molecular weight is 293 g/mol. The van der Waals surface area contributed by atoms with Crippen LogP contribution < -0.4 is 10.1 Å². The molecule has 0 spiro atoms. The van der Waals surface area contributed by atoms with Gasteiger partial charge in [0.25, 0.3) is 0 Å². The minimum absolute atomic E-state index is 0.830. The summed E-state index contributed by atoms with van der Waals surface area (Å²) in [4.78, 5) is 0. The topological polar surface area (TPSA) is 21.3 Å². The van der Waals surface area contributed by atoms with Crippen molar-refractivity contribution in [2.75, 3.05) is 14.2 Å². The van der Waals surface area contributed by atoms with Gasteiger partial charge in [-0.05, 0) is 43.5 Å². The standard InChI is InChI=1S/C17H27NOS/c1-13-5-4-6-16(9-13)20-12-15-10-14(11-18-2)7-8-17(15)19-3/h7-8,10,13,16,18H,4-6,9,11-12H2,1-3H3. The Labute approximate surface area is 127 Å². The van der Waals surface area contributed by atoms with Crippen LogP contribution in [0.3, 0.4) is 0 Å². The largest absolute Gasteiger partial charge is 0.496 e. The summed E-state index contributed by atoms with van der Waals surface area (Å²) >= 11 is 2.11. The van der Waals surface area contributed by atoms with Crippen molar-refractivity contribution in [3.8, 4) is 5.75 Å². The van der Waals surface area contributed by atoms with Crippen LogP contribution in [0.25, 0.3) is 0 Å². The van der Waals surface area contributed by atoms with Gasteiger partial charge in [-0.15, -0.1) is 0 Å². The summed E-state index contributed by atoms with van der Waals surface area (Å²) < 4.78 is 5.51. The van der Waals surface area contributed by atoms with Crippen LogP contribution in [0.1, 0.15) is 43.7 Å². The molecular formula is C17H27NOS. The maximum atomic E-state index is 5.51. The molecule has 0 heterocycles. The molecule has 3 heteroatoms. The summed E-state index contributed by atoms with van der Waals surface area (Å²) in [6, 6.07) is 6.53. The van der Waals surface area contributed by atoms with Crippen LogP contribution in [0.15, 0.2) is 18.2 Å². The van der Waals surface area contributed by atoms with Crippen molar-refractivity contribution in [1.82, 2.24) is 5.32 Å². The molecule has 112 valence electrons. The lowest BCUT2D eigenvalue weighted by Gasteiger charge is -2.26. The molecule has 2 atom stereocenters. The van der Waals surface area contributed by atoms with E-state index in [9.17, 15) is 0 Å². The molecule has 2 rings (SSSR count). The highest BCUT2D eigenvalue weighted by molar-refractivity contribution is 7.99. The van der Waals surface area contributed by atoms with Crippen LogP contribution in [0.4, 0.5) is 0 Å². The number of ether oxygens (including phenoxy) is 1. The summed E-state index contributed by atoms with van der Waals surface area (Å²) in [6.07, 6.45) is 5.57. The normalized spacial score (nSPS) is 22.8. The van der Waals surface area contributed by atoms with E-state index >= 15 is 0 Å². The number of hydrogen-bond acceptors (Lipinski definition) is 3. The molecule has 1 aliphatic carbocycles. The second-order valence-corrected chi connectivity index (χ2v) is 7.17. The maximum Gasteiger partial charge on any atom is 0.122 e. The first-order valence-corrected chi connectivity index (χ1v) is 8.69. The van der Waals surface area contributed by atoms with Crippen molar-refractivity contribution >= 4 is 11.8 Å². The Kier molecular flexibility index (Phi) is 6.24. The van der Waals surface area contributed by atoms with E-state index in [4.69, 9.17) is 4.74 Å². The smallest absolute Gasteiger partial charge is 0.122 e. The molecule has 1 saturated carbocycles. The first-order chi connectivity index (χ1) is 9.72. The number of hydrogen-bond donors (Lipinski definition) is 1. The summed E-state index contributed by atoms with van der Waals surface area (Å²) in [5.74, 6) is 3.00. The summed E-state index contributed by atoms with van der Waals surface area (Å²) in [7, 11) is 3.76. The zero-order valence-electron chi connectivity index (χ0n) is 12.9. The quantitative estimate of drug-likeness (QED) is 0.848. The van der Waals surface area contributed by atoms with Gasteiger partial charge >= 0.3 is 0 Å². The van der Waals surface area contributed by atoms with Gasteiger partial charge in [0.05, 0.1) is 7.11 Å². The second kappa shape index (κ2) is 7.94. The van der Waals surface area contributed by atoms with Crippen molar-refractivity contribution in [3.05, 3.63) is 29.3 Å². The van der Waals surface area contributed by atoms with Crippen LogP contribution in [-0.4, -0.2) is 19.4 Å². The van der Waals surface area contributed by atoms with Crippen LogP contribution in [-0.2, 0) is 12.3 Å². The first kappa shape index (κ1) is 15.7. The molecule has 0 radical (unpaired) electrons. The highest BCUT2D eigenvalue weighted by Crippen LogP contribution is 2.35. The third-order valence-electron chi connectivity index (χ3n) is 4.09. The van der Waals surface area contributed by atoms with E-state index in [0.29, 0.717) is 0 Å². The van der Waals surface area contributed by atoms with E-state index in [0.717, 1.165) is 29.2 Å². The van der Waals surface area contributed by atoms with E-state index in [1.807, 2.05) is 7.05 Å². The molecule has 0 aliphatic heterocycles. The van der Waals surface area contributed by atoms with E-state index in [1.54, 1.807) is 7.11 Å². The number of benzene rings is 1. The molecule has 0 aromatic heterocycles. The maximum absolute atomic E-state index is 5.51. The number of methoxy groups -OCH3 is 1. The van der Waals surface area contributed by atoms with Gasteiger partial charge in [-0.3, -0.25) is 0 Å². The van der Waals surface area contributed by atoms with Crippen LogP contribution >= 0.6 is 11.8 Å². The van der Waals surface area contributed by atoms with Gasteiger partial charge in [0.1, 0.15) is 5.75 Å². The van der Waals surface area contributed by atoms with Crippen molar-refractivity contribution in [1.29, 1.82) is 0 Å². The van der Waals surface area contributed by atoms with Crippen LogP contribution in [0.5, 0.6) is 5.75 Å². The SMILES string of the molecule is CNCc1ccc(OC)c(CSC2CCCC(C)C2)c1. The van der Waals surface area contributed by atoms with Gasteiger partial charge in [0.2, 0.25) is 0 Å². The Hall–Kier alpha value is -0.670. The lowest BCUT2D eigenvalue weighted by atomic mass is 9.91. The van der Waals surface area contributed by atoms with Gasteiger partial charge in [-0.25, -0.2) is 0 Å². The fourth-order valence-corrected chi connectivity index (χ4v) is 4.44. The molecule has 2 nitrogen and oxygen atoms in total. The summed E-state index contributed by atoms with van der Waals surface area (Å²) in [5, 5.41) is 4.04. The molecule has 1 aromatic carbocycles. The fourth-order valence-electron chi connectivity index (χ4n) is 3.00. The van der Waals surface area contributed by atoms with Crippen molar-refractivity contribution in [2.24, 2.45) is 5.92 Å². The molecule has 1 aliphatic rings. The number of rotatable bonds is 6. The Morgan fingerprint density at radius 1 is 1.35 bits per heavy atom. The predicted octanol–water partition coefficient (Wildman–Crippen LogP) is 4.23. The Bertz CT molecular complexity index is 421. The highest BCUT2D eigenvalue weighted by atomic mass is 32.2. The molecule has 1 N–H and O–H groups in total. The molecular weight excluding hydrogens is 266 g/mol. The van der Waals surface area contributed by atoms with Gasteiger partial charge in [0, 0.05) is 23.1 Å². The van der Waals surface area contributed by atoms with Gasteiger partial charge < -0.3 is 10.1 Å². The van der Waals surface area contributed by atoms with Gasteiger partial charge in [-0.2, -0.15) is 11.8 Å². The fraction of sp³-hybridized carbons (Fsp3) is 0.647. The molecule has 0 amide bonds. The minimum Gasteiger partial charge on any atom is -0.496 e. The Balaban J connectivity index is 1.97. The molecule has 2 unspecified atom stereocenters. The van der Waals surface area contributed by atoms with E-state index in [2.05, 4.69) is 42.2 Å². The second-order valence-electron chi connectivity index (χ2n) is 5.88. The third kappa shape index (κ3) is 4.42. The Morgan fingerprint density at radius 2 is 2.20 bits per heavy atom. The van der Waals surface area contributed by atoms with Crippen LogP contribution in [0, 0.1) is 5.92 Å². The highest BCUT2D eigenvalue weighted by Gasteiger charge is 2.19. The van der Waals surface area contributed by atoms with Gasteiger partial charge in [-0.1, -0.05) is 25.8 Å². The molecule has 1 fully saturated rings. The van der Waals surface area contributed by atoms with E-state index in [-0.39, 0.29) is 0 Å². The predicted molar refractivity (Wildman–Crippen MR) is 88.5 cm³/mol. The van der Waals surface area contributed by atoms with Gasteiger partial charge in [0.15, 0.2) is 0 Å². The number of thioether (sulfide) groups is 1. The Morgan fingerprint density at radius 3 is 2.90 bits per heavy atom. The van der Waals surface area contributed by atoms with E-state index < -0.39 is 0 Å². The molecule has 0 saturated heterocycles. The zero-order chi connectivity index (χ0) is 14.4. The first-order valence-electron chi connectivity index (χ1n) is 7.65. The third-order valence-corrected chi connectivity index (χ3v) is 5.47. The minimum atomic E-state index is 0.830. The van der Waals surface area contributed by atoms with E-state index in [1.165, 1.54) is 36.8 Å². The van der Waals surface area contributed by atoms with Crippen molar-refractivity contribution in [3.63, 3.8) is 0 Å². The molecule has 0 bridgehead atoms. The summed E-state index contributed by atoms with van der Waals surface area (Å²) in [6.45, 7) is 3.31. The zero-order valence-corrected chi connectivity index (χ0v) is 13.8. The average Bonchev–Trinajstić information content (AvgIpc) is 2.46. The van der Waals surface area contributed by atoms with Crippen molar-refractivity contribution in [2.45, 2.75) is 50.2 Å². The monoisotopic (exact) mass is 293 g/mol. The summed E-state index contributed by atoms with van der Waals surface area (Å²) in [5.41, 5.74) is 2.67. The molecule has 20 heavy (non-hydrogen) atoms. The lowest BCUT2D eigenvalue weighted by Crippen LogP contribution is -2.15. The lowest BCUT2D eigenvalue weighted by molar-refractivity contribution is 0.394. The number of nitrogens with one attached hydrogen (secondary N) is 1. The van der Waals surface area contributed by atoms with Crippen LogP contribution in [0.2, 0.25) is 0 Å².